The van der Waals surface area contributed by atoms with Crippen LogP contribution in [0, 0.1) is 31.4 Å². The molecule has 1 fully saturated rings. The summed E-state index contributed by atoms with van der Waals surface area (Å²) in [6.07, 6.45) is 5.14. The Morgan fingerprint density at radius 2 is 1.89 bits per heavy atom. The minimum Gasteiger partial charge on any atom is -0.354 e. The minimum atomic E-state index is -0.654. The van der Waals surface area contributed by atoms with E-state index in [-0.39, 0.29) is 18.4 Å². The van der Waals surface area contributed by atoms with Gasteiger partial charge in [0, 0.05) is 43.7 Å². The molecule has 6 nitrogen and oxygen atoms in total. The van der Waals surface area contributed by atoms with E-state index in [1.165, 1.54) is 23.3 Å². The Labute approximate surface area is 202 Å². The molecule has 1 amide bonds. The highest BCUT2D eigenvalue weighted by molar-refractivity contribution is 5.81. The first kappa shape index (κ1) is 23.0. The van der Waals surface area contributed by atoms with E-state index < -0.39 is 11.6 Å². The van der Waals surface area contributed by atoms with Gasteiger partial charge in [0.25, 0.3) is 0 Å². The second kappa shape index (κ2) is 9.44. The molecule has 180 valence electrons. The third-order valence-electron chi connectivity index (χ3n) is 6.65. The largest absolute Gasteiger partial charge is 0.354 e. The topological polar surface area (TPSA) is 62.5 Å². The van der Waals surface area contributed by atoms with E-state index in [1.54, 1.807) is 6.20 Å². The standard InChI is InChI=1S/C27H27F2N5O/c1-17-5-6-20(10-18(17)2)24-14-25-26(30-7-9-34(25)32-24)33-8-3-4-21(16-33)27(35)31-15-19-11-22(28)13-23(29)12-19/h5-7,9-14,21H,3-4,8,15-16H2,1-2H3,(H,31,35). The molecule has 1 aliphatic heterocycles. The Hall–Kier alpha value is -3.81. The summed E-state index contributed by atoms with van der Waals surface area (Å²) in [5, 5.41) is 7.58. The van der Waals surface area contributed by atoms with Gasteiger partial charge in [-0.3, -0.25) is 4.79 Å². The summed E-state index contributed by atoms with van der Waals surface area (Å²) in [6, 6.07) is 11.6. The Balaban J connectivity index is 1.33. The molecule has 3 heterocycles. The first-order valence-electron chi connectivity index (χ1n) is 11.8. The van der Waals surface area contributed by atoms with Crippen molar-refractivity contribution in [2.75, 3.05) is 18.0 Å². The first-order valence-corrected chi connectivity index (χ1v) is 11.8. The maximum absolute atomic E-state index is 13.4. The molecule has 2 aromatic carbocycles. The number of benzene rings is 2. The Morgan fingerprint density at radius 1 is 1.09 bits per heavy atom. The molecule has 0 radical (unpaired) electrons. The zero-order chi connectivity index (χ0) is 24.5. The second-order valence-electron chi connectivity index (χ2n) is 9.19. The zero-order valence-electron chi connectivity index (χ0n) is 19.8. The fourth-order valence-corrected chi connectivity index (χ4v) is 4.62. The van der Waals surface area contributed by atoms with Crippen molar-refractivity contribution in [2.24, 2.45) is 5.92 Å². The molecule has 0 bridgehead atoms. The Morgan fingerprint density at radius 3 is 2.66 bits per heavy atom. The monoisotopic (exact) mass is 475 g/mol. The van der Waals surface area contributed by atoms with Crippen LogP contribution in [-0.4, -0.2) is 33.6 Å². The number of anilines is 1. The number of amides is 1. The normalized spacial score (nSPS) is 16.0. The number of hydrogen-bond acceptors (Lipinski definition) is 4. The number of halogens is 2. The molecule has 35 heavy (non-hydrogen) atoms. The molecule has 2 aromatic heterocycles. The number of carbonyl (C=O) groups excluding carboxylic acids is 1. The fourth-order valence-electron chi connectivity index (χ4n) is 4.62. The molecule has 1 aliphatic rings. The number of rotatable bonds is 5. The van der Waals surface area contributed by atoms with Crippen molar-refractivity contribution >= 4 is 17.2 Å². The number of aromatic nitrogens is 3. The lowest BCUT2D eigenvalue weighted by molar-refractivity contribution is -0.125. The van der Waals surface area contributed by atoms with Gasteiger partial charge in [0.1, 0.15) is 17.2 Å². The van der Waals surface area contributed by atoms with Crippen molar-refractivity contribution in [1.29, 1.82) is 0 Å². The number of hydrogen-bond donors (Lipinski definition) is 1. The molecule has 1 N–H and O–H groups in total. The van der Waals surface area contributed by atoms with E-state index in [9.17, 15) is 13.6 Å². The molecule has 0 saturated carbocycles. The molecule has 1 saturated heterocycles. The van der Waals surface area contributed by atoms with E-state index in [0.717, 1.165) is 48.0 Å². The molecule has 0 spiro atoms. The summed E-state index contributed by atoms with van der Waals surface area (Å²) < 4.78 is 28.7. The zero-order valence-corrected chi connectivity index (χ0v) is 19.8. The lowest BCUT2D eigenvalue weighted by Crippen LogP contribution is -2.43. The van der Waals surface area contributed by atoms with Gasteiger partial charge in [-0.25, -0.2) is 18.3 Å². The SMILES string of the molecule is Cc1ccc(-c2cc3c(N4CCCC(C(=O)NCc5cc(F)cc(F)c5)C4)nccn3n2)cc1C. The van der Waals surface area contributed by atoms with Gasteiger partial charge in [0.05, 0.1) is 11.6 Å². The summed E-state index contributed by atoms with van der Waals surface area (Å²) in [4.78, 5) is 19.6. The smallest absolute Gasteiger partial charge is 0.225 e. The lowest BCUT2D eigenvalue weighted by atomic mass is 9.97. The summed E-state index contributed by atoms with van der Waals surface area (Å²) in [5.41, 5.74) is 5.65. The van der Waals surface area contributed by atoms with Gasteiger partial charge < -0.3 is 10.2 Å². The number of aryl methyl sites for hydroxylation is 2. The average molecular weight is 476 g/mol. The van der Waals surface area contributed by atoms with E-state index in [1.807, 2.05) is 16.8 Å². The summed E-state index contributed by atoms with van der Waals surface area (Å²) in [5.74, 6) is -0.891. The maximum atomic E-state index is 13.4. The number of nitrogens with zero attached hydrogens (tertiary/aromatic N) is 4. The van der Waals surface area contributed by atoms with E-state index in [4.69, 9.17) is 5.10 Å². The third-order valence-corrected chi connectivity index (χ3v) is 6.65. The predicted molar refractivity (Wildman–Crippen MR) is 131 cm³/mol. The molecular formula is C27H27F2N5O. The van der Waals surface area contributed by atoms with Crippen LogP contribution >= 0.6 is 0 Å². The number of nitrogens with one attached hydrogen (secondary N) is 1. The first-order chi connectivity index (χ1) is 16.9. The summed E-state index contributed by atoms with van der Waals surface area (Å²) in [7, 11) is 0. The van der Waals surface area contributed by atoms with Crippen molar-refractivity contribution in [2.45, 2.75) is 33.2 Å². The van der Waals surface area contributed by atoms with Gasteiger partial charge in [0.2, 0.25) is 5.91 Å². The number of carbonyl (C=O) groups is 1. The van der Waals surface area contributed by atoms with Gasteiger partial charge in [-0.1, -0.05) is 12.1 Å². The van der Waals surface area contributed by atoms with Crippen LogP contribution in [0.4, 0.5) is 14.6 Å². The molecule has 5 rings (SSSR count). The maximum Gasteiger partial charge on any atom is 0.225 e. The van der Waals surface area contributed by atoms with Crippen molar-refractivity contribution < 1.29 is 13.6 Å². The molecule has 0 aliphatic carbocycles. The molecular weight excluding hydrogens is 448 g/mol. The van der Waals surface area contributed by atoms with E-state index in [0.29, 0.717) is 12.1 Å². The Kier molecular flexibility index (Phi) is 6.19. The highest BCUT2D eigenvalue weighted by Crippen LogP contribution is 2.29. The van der Waals surface area contributed by atoms with Crippen LogP contribution in [0.3, 0.4) is 0 Å². The van der Waals surface area contributed by atoms with Gasteiger partial charge in [-0.05, 0) is 67.6 Å². The van der Waals surface area contributed by atoms with Crippen molar-refractivity contribution in [3.63, 3.8) is 0 Å². The van der Waals surface area contributed by atoms with E-state index >= 15 is 0 Å². The molecule has 1 unspecified atom stereocenters. The van der Waals surface area contributed by atoms with Gasteiger partial charge in [0.15, 0.2) is 5.82 Å². The van der Waals surface area contributed by atoms with Crippen molar-refractivity contribution in [1.82, 2.24) is 19.9 Å². The number of fused-ring (bicyclic) bond motifs is 1. The third kappa shape index (κ3) is 4.87. The van der Waals surface area contributed by atoms with Crippen LogP contribution in [0.5, 0.6) is 0 Å². The summed E-state index contributed by atoms with van der Waals surface area (Å²) >= 11 is 0. The highest BCUT2D eigenvalue weighted by Gasteiger charge is 2.28. The lowest BCUT2D eigenvalue weighted by Gasteiger charge is -2.33. The van der Waals surface area contributed by atoms with Gasteiger partial charge in [-0.15, -0.1) is 0 Å². The van der Waals surface area contributed by atoms with E-state index in [2.05, 4.69) is 47.2 Å². The molecule has 1 atom stereocenters. The molecule has 4 aromatic rings. The van der Waals surface area contributed by atoms with Crippen LogP contribution in [0.25, 0.3) is 16.8 Å². The minimum absolute atomic E-state index is 0.0831. The quantitative estimate of drug-likeness (QED) is 0.449. The van der Waals surface area contributed by atoms with Crippen LogP contribution in [0.2, 0.25) is 0 Å². The van der Waals surface area contributed by atoms with Gasteiger partial charge >= 0.3 is 0 Å². The van der Waals surface area contributed by atoms with Crippen LogP contribution < -0.4 is 10.2 Å². The van der Waals surface area contributed by atoms with Crippen LogP contribution in [0.15, 0.2) is 54.9 Å². The summed E-state index contributed by atoms with van der Waals surface area (Å²) in [6.45, 7) is 5.56. The van der Waals surface area contributed by atoms with Crippen molar-refractivity contribution in [3.05, 3.63) is 83.2 Å². The van der Waals surface area contributed by atoms with Crippen molar-refractivity contribution in [3.8, 4) is 11.3 Å². The molecule has 8 heteroatoms. The number of piperidine rings is 1. The average Bonchev–Trinajstić information content (AvgIpc) is 3.28. The van der Waals surface area contributed by atoms with Gasteiger partial charge in [-0.2, -0.15) is 5.10 Å². The highest BCUT2D eigenvalue weighted by atomic mass is 19.1. The fraction of sp³-hybridized carbons (Fsp3) is 0.296. The predicted octanol–water partition coefficient (Wildman–Crippen LogP) is 4.82. The Bertz CT molecular complexity index is 1380. The second-order valence-corrected chi connectivity index (χ2v) is 9.19. The van der Waals surface area contributed by atoms with Crippen LogP contribution in [0.1, 0.15) is 29.5 Å². The van der Waals surface area contributed by atoms with Crippen LogP contribution in [-0.2, 0) is 11.3 Å².